The van der Waals surface area contributed by atoms with Crippen LogP contribution in [0.1, 0.15) is 47.6 Å². The lowest BCUT2D eigenvalue weighted by molar-refractivity contribution is 0.670. The Morgan fingerprint density at radius 3 is 1.94 bits per heavy atom. The quantitative estimate of drug-likeness (QED) is 0.160. The summed E-state index contributed by atoms with van der Waals surface area (Å²) >= 11 is 3.80. The van der Waals surface area contributed by atoms with Crippen molar-refractivity contribution < 1.29 is 4.42 Å². The van der Waals surface area contributed by atoms with E-state index in [1.807, 2.05) is 23.5 Å². The molecule has 11 aromatic rings. The lowest BCUT2D eigenvalue weighted by Crippen LogP contribution is -2.63. The van der Waals surface area contributed by atoms with Crippen molar-refractivity contribution in [2.75, 3.05) is 9.71 Å². The van der Waals surface area contributed by atoms with Gasteiger partial charge in [0.1, 0.15) is 11.2 Å². The predicted molar refractivity (Wildman–Crippen MR) is 297 cm³/mol. The van der Waals surface area contributed by atoms with Crippen molar-refractivity contribution >= 4 is 91.7 Å². The second-order valence-corrected chi connectivity index (χ2v) is 21.8. The molecule has 6 heteroatoms. The Hall–Kier alpha value is -7.64. The molecule has 334 valence electrons. The van der Waals surface area contributed by atoms with Crippen LogP contribution in [0.15, 0.2) is 230 Å². The third-order valence-corrected chi connectivity index (χ3v) is 18.6. The fourth-order valence-electron chi connectivity index (χ4n) is 13.2. The highest BCUT2D eigenvalue weighted by Gasteiger charge is 2.56. The number of hydrogen-bond donors (Lipinski definition) is 0. The van der Waals surface area contributed by atoms with E-state index in [-0.39, 0.29) is 6.85 Å². The number of fused-ring (bicyclic) bond motifs is 19. The molecule has 0 bridgehead atoms. The largest absolute Gasteiger partial charge is 0.455 e. The predicted octanol–water partition coefficient (Wildman–Crippen LogP) is 16.6. The van der Waals surface area contributed by atoms with Crippen LogP contribution < -0.4 is 20.6 Å². The van der Waals surface area contributed by atoms with E-state index in [4.69, 9.17) is 4.42 Å². The first-order chi connectivity index (χ1) is 35.2. The zero-order valence-electron chi connectivity index (χ0n) is 38.9. The number of benzene rings is 10. The average molecular weight is 943 g/mol. The highest BCUT2D eigenvalue weighted by molar-refractivity contribution is 8.05. The van der Waals surface area contributed by atoms with Gasteiger partial charge in [-0.1, -0.05) is 189 Å². The summed E-state index contributed by atoms with van der Waals surface area (Å²) in [5.74, 6) is 0. The lowest BCUT2D eigenvalue weighted by Gasteiger charge is -2.52. The molecule has 16 rings (SSSR count). The van der Waals surface area contributed by atoms with Gasteiger partial charge in [-0.05, 0) is 123 Å². The minimum Gasteiger partial charge on any atom is -0.455 e. The Kier molecular flexibility index (Phi) is 8.45. The van der Waals surface area contributed by atoms with Crippen molar-refractivity contribution in [3.05, 3.63) is 234 Å². The number of rotatable bonds is 5. The number of anilines is 5. The van der Waals surface area contributed by atoms with Crippen molar-refractivity contribution in [1.29, 1.82) is 0 Å². The van der Waals surface area contributed by atoms with E-state index in [1.54, 1.807) is 0 Å². The highest BCUT2D eigenvalue weighted by Crippen LogP contribution is 2.65. The Morgan fingerprint density at radius 2 is 1.15 bits per heavy atom. The maximum atomic E-state index is 7.27. The summed E-state index contributed by atoms with van der Waals surface area (Å²) < 4.78 is 7.27. The molecule has 0 saturated heterocycles. The van der Waals surface area contributed by atoms with Gasteiger partial charge in [0, 0.05) is 69.8 Å². The van der Waals surface area contributed by atoms with Gasteiger partial charge >= 0.3 is 6.85 Å². The van der Waals surface area contributed by atoms with Crippen molar-refractivity contribution in [2.24, 2.45) is 0 Å². The molecular formula is C65H43BN2OS2. The first-order valence-electron chi connectivity index (χ1n) is 25.0. The van der Waals surface area contributed by atoms with E-state index in [0.717, 1.165) is 41.2 Å². The summed E-state index contributed by atoms with van der Waals surface area (Å²) in [5.41, 5.74) is 24.0. The van der Waals surface area contributed by atoms with Crippen LogP contribution in [0.4, 0.5) is 28.4 Å². The maximum absolute atomic E-state index is 7.27. The summed E-state index contributed by atoms with van der Waals surface area (Å²) in [6.45, 7) is 2.09. The first-order valence-corrected chi connectivity index (χ1v) is 26.6. The molecule has 0 fully saturated rings. The molecular weight excluding hydrogens is 900 g/mol. The van der Waals surface area contributed by atoms with E-state index in [0.29, 0.717) is 0 Å². The summed E-state index contributed by atoms with van der Waals surface area (Å²) in [4.78, 5) is 10.6. The van der Waals surface area contributed by atoms with Gasteiger partial charge in [0.15, 0.2) is 0 Å². The molecule has 0 N–H and O–H groups in total. The van der Waals surface area contributed by atoms with Crippen molar-refractivity contribution in [1.82, 2.24) is 0 Å². The lowest BCUT2D eigenvalue weighted by atomic mass is 9.42. The van der Waals surface area contributed by atoms with Gasteiger partial charge in [-0.2, -0.15) is 0 Å². The molecule has 0 radical (unpaired) electrons. The average Bonchev–Trinajstić information content (AvgIpc) is 3.96. The molecule has 71 heavy (non-hydrogen) atoms. The highest BCUT2D eigenvalue weighted by atomic mass is 32.2. The van der Waals surface area contributed by atoms with Crippen LogP contribution in [0.5, 0.6) is 0 Å². The Bertz CT molecular complexity index is 4060. The second-order valence-electron chi connectivity index (χ2n) is 19.7. The van der Waals surface area contributed by atoms with E-state index >= 15 is 0 Å². The summed E-state index contributed by atoms with van der Waals surface area (Å²) in [6.07, 6.45) is 3.35. The molecule has 5 heterocycles. The number of furan rings is 1. The van der Waals surface area contributed by atoms with Crippen LogP contribution in [0.2, 0.25) is 0 Å². The van der Waals surface area contributed by atoms with E-state index in [9.17, 15) is 0 Å². The minimum absolute atomic E-state index is 0.194. The summed E-state index contributed by atoms with van der Waals surface area (Å²) in [7, 11) is 0. The van der Waals surface area contributed by atoms with Crippen LogP contribution in [0.3, 0.4) is 0 Å². The fraction of sp³-hybridized carbons (Fsp3) is 0.0769. The smallest absolute Gasteiger partial charge is 0.333 e. The van der Waals surface area contributed by atoms with Crippen LogP contribution in [-0.4, -0.2) is 6.85 Å². The number of nitrogens with zero attached hydrogens (tertiary/aromatic N) is 2. The second kappa shape index (κ2) is 14.9. The van der Waals surface area contributed by atoms with Crippen molar-refractivity contribution in [2.45, 2.75) is 51.2 Å². The third kappa shape index (κ3) is 5.34. The molecule has 1 aromatic heterocycles. The van der Waals surface area contributed by atoms with Crippen LogP contribution in [0, 0.1) is 0 Å². The molecule has 0 saturated carbocycles. The topological polar surface area (TPSA) is 19.6 Å². The minimum atomic E-state index is -0.548. The van der Waals surface area contributed by atoms with Gasteiger partial charge in [0.05, 0.1) is 11.1 Å². The van der Waals surface area contributed by atoms with Gasteiger partial charge in [-0.3, -0.25) is 0 Å². The van der Waals surface area contributed by atoms with Gasteiger partial charge in [0.25, 0.3) is 0 Å². The SMILES string of the molecule is CCCCc1ccc(N2c3cc4c(cc3B3c5c2cc2c(oc6ccccc62)c5-c2cccc5c2N3c2ccccc2C52c3ccccc3-c3ccccc32)Sc2ccccc2S4)c(-c2ccccc2)c1. The van der Waals surface area contributed by atoms with Crippen LogP contribution in [-0.2, 0) is 11.8 Å². The molecule has 0 unspecified atom stereocenters. The maximum Gasteiger partial charge on any atom is 0.333 e. The van der Waals surface area contributed by atoms with Crippen LogP contribution >= 0.6 is 23.5 Å². The number of hydrogen-bond acceptors (Lipinski definition) is 5. The van der Waals surface area contributed by atoms with Gasteiger partial charge in [-0.25, -0.2) is 0 Å². The molecule has 4 aliphatic heterocycles. The zero-order valence-corrected chi connectivity index (χ0v) is 40.6. The molecule has 3 nitrogen and oxygen atoms in total. The molecule has 0 atom stereocenters. The van der Waals surface area contributed by atoms with E-state index < -0.39 is 5.41 Å². The summed E-state index contributed by atoms with van der Waals surface area (Å²) in [6, 6.07) is 78.2. The Morgan fingerprint density at radius 1 is 0.493 bits per heavy atom. The Labute approximate surface area is 421 Å². The Balaban J connectivity index is 1.07. The van der Waals surface area contributed by atoms with Gasteiger partial charge in [-0.15, -0.1) is 0 Å². The molecule has 1 spiro atoms. The van der Waals surface area contributed by atoms with Gasteiger partial charge < -0.3 is 14.1 Å². The van der Waals surface area contributed by atoms with Crippen molar-refractivity contribution in [3.8, 4) is 33.4 Å². The van der Waals surface area contributed by atoms with Gasteiger partial charge in [0.2, 0.25) is 0 Å². The van der Waals surface area contributed by atoms with E-state index in [1.165, 1.54) is 120 Å². The number of para-hydroxylation sites is 3. The normalized spacial score (nSPS) is 14.6. The number of aryl methyl sites for hydroxylation is 1. The van der Waals surface area contributed by atoms with Crippen LogP contribution in [0.25, 0.3) is 55.3 Å². The standard InChI is InChI=1S/C65H43BN2OS2/c1-2-3-18-39-33-34-52(45(35-39)40-19-5-4-6-20-40)67-54-38-60-59(70-57-31-15-16-32-58(57)71-60)37-51(54)66-62-55(67)36-46-43-23-9-14-30-56(43)69-64(46)61(62)44-24-17-28-50-63(44)68(66)53-29-13-12-27-49(53)65(50)47-25-10-7-21-41(47)42-22-8-11-26-48(42)65/h4-17,19-38H,2-3,18H2,1H3. The monoisotopic (exact) mass is 942 g/mol. The number of unbranched alkanes of at least 4 members (excludes halogenated alkanes) is 1. The molecule has 5 aliphatic rings. The molecule has 10 aromatic carbocycles. The molecule has 0 amide bonds. The summed E-state index contributed by atoms with van der Waals surface area (Å²) in [5, 5.41) is 2.26. The molecule has 1 aliphatic carbocycles. The van der Waals surface area contributed by atoms with Crippen molar-refractivity contribution in [3.63, 3.8) is 0 Å². The fourth-order valence-corrected chi connectivity index (χ4v) is 15.5. The first kappa shape index (κ1) is 40.1. The third-order valence-electron chi connectivity index (χ3n) is 16.1. The zero-order chi connectivity index (χ0) is 46.5. The van der Waals surface area contributed by atoms with E-state index in [2.05, 4.69) is 223 Å².